The van der Waals surface area contributed by atoms with Crippen LogP contribution in [0.4, 0.5) is 5.69 Å². The summed E-state index contributed by atoms with van der Waals surface area (Å²) in [5.41, 5.74) is 5.71. The Kier molecular flexibility index (Phi) is 7.89. The molecule has 1 aliphatic heterocycles. The van der Waals surface area contributed by atoms with Crippen LogP contribution in [0.25, 0.3) is 22.2 Å². The second kappa shape index (κ2) is 11.8. The molecule has 5 nitrogen and oxygen atoms in total. The van der Waals surface area contributed by atoms with E-state index in [-0.39, 0.29) is 5.91 Å². The smallest absolute Gasteiger partial charge is 0.251 e. The van der Waals surface area contributed by atoms with Gasteiger partial charge in [0.1, 0.15) is 0 Å². The molecule has 0 unspecified atom stereocenters. The minimum Gasteiger partial charge on any atom is -0.384 e. The molecule has 5 rings (SSSR count). The minimum absolute atomic E-state index is 0.0760. The van der Waals surface area contributed by atoms with Crippen LogP contribution in [0, 0.1) is 0 Å². The fourth-order valence-electron chi connectivity index (χ4n) is 4.85. The Hall–Kier alpha value is -3.70. The zero-order chi connectivity index (χ0) is 24.6. The van der Waals surface area contributed by atoms with E-state index in [2.05, 4.69) is 39.8 Å². The molecule has 5 heteroatoms. The number of carbonyl (C=O) groups excluding carboxylic acids is 1. The van der Waals surface area contributed by atoms with Gasteiger partial charge in [-0.3, -0.25) is 4.79 Å². The fraction of sp³-hybridized carbons (Fsp3) is 0.290. The molecule has 1 amide bonds. The maximum Gasteiger partial charge on any atom is 0.251 e. The van der Waals surface area contributed by atoms with Gasteiger partial charge in [-0.15, -0.1) is 0 Å². The third-order valence-electron chi connectivity index (χ3n) is 6.87. The molecular weight excluding hydrogens is 444 g/mol. The molecule has 0 bridgehead atoms. The third kappa shape index (κ3) is 6.10. The van der Waals surface area contributed by atoms with Gasteiger partial charge in [0.2, 0.25) is 0 Å². The topological polar surface area (TPSA) is 57.3 Å². The highest BCUT2D eigenvalue weighted by Crippen LogP contribution is 2.28. The van der Waals surface area contributed by atoms with Gasteiger partial charge in [-0.2, -0.15) is 0 Å². The lowest BCUT2D eigenvalue weighted by Crippen LogP contribution is -2.31. The maximum absolute atomic E-state index is 12.6. The van der Waals surface area contributed by atoms with E-state index in [9.17, 15) is 4.79 Å². The van der Waals surface area contributed by atoms with Crippen molar-refractivity contribution in [1.29, 1.82) is 0 Å². The Bertz CT molecular complexity index is 1280. The number of hydrogen-bond donors (Lipinski definition) is 2. The van der Waals surface area contributed by atoms with Gasteiger partial charge in [-0.05, 0) is 68.7 Å². The molecule has 2 heterocycles. The predicted octanol–water partition coefficient (Wildman–Crippen LogP) is 6.12. The van der Waals surface area contributed by atoms with Gasteiger partial charge in [0.15, 0.2) is 0 Å². The lowest BCUT2D eigenvalue weighted by Gasteiger charge is -2.26. The number of anilines is 1. The van der Waals surface area contributed by atoms with Crippen molar-refractivity contribution < 1.29 is 4.79 Å². The monoisotopic (exact) mass is 478 g/mol. The molecule has 2 N–H and O–H groups in total. The number of nitrogens with one attached hydrogen (secondary N) is 2. The number of fused-ring (bicyclic) bond motifs is 1. The number of carbonyl (C=O) groups is 1. The summed E-state index contributed by atoms with van der Waals surface area (Å²) in [4.78, 5) is 20.1. The van der Waals surface area contributed by atoms with Crippen LogP contribution in [0.5, 0.6) is 0 Å². The number of benzene rings is 3. The van der Waals surface area contributed by atoms with Crippen LogP contribution in [0.2, 0.25) is 0 Å². The summed E-state index contributed by atoms with van der Waals surface area (Å²) >= 11 is 0. The number of amides is 1. The van der Waals surface area contributed by atoms with Crippen molar-refractivity contribution in [1.82, 2.24) is 15.2 Å². The molecule has 36 heavy (non-hydrogen) atoms. The van der Waals surface area contributed by atoms with Crippen molar-refractivity contribution in [2.45, 2.75) is 32.2 Å². The normalized spacial score (nSPS) is 14.0. The zero-order valence-corrected chi connectivity index (χ0v) is 20.7. The Balaban J connectivity index is 1.26. The van der Waals surface area contributed by atoms with E-state index in [0.717, 1.165) is 52.9 Å². The number of rotatable bonds is 9. The summed E-state index contributed by atoms with van der Waals surface area (Å²) in [5.74, 6) is -0.0760. The van der Waals surface area contributed by atoms with E-state index in [0.29, 0.717) is 12.1 Å². The number of para-hydroxylation sites is 1. The molecule has 0 saturated carbocycles. The zero-order valence-electron chi connectivity index (χ0n) is 20.7. The second-order valence-electron chi connectivity index (χ2n) is 9.50. The van der Waals surface area contributed by atoms with Crippen molar-refractivity contribution in [3.05, 3.63) is 96.1 Å². The SMILES string of the molecule is O=C(NCc1ccccc1)c1ccc(-c2cc(NCCCN3CCCCC3)c3ccccc3n2)cc1. The van der Waals surface area contributed by atoms with E-state index in [1.165, 1.54) is 32.4 Å². The van der Waals surface area contributed by atoms with Crippen LogP contribution >= 0.6 is 0 Å². The number of likely N-dealkylation sites (tertiary alicyclic amines) is 1. The first-order valence-electron chi connectivity index (χ1n) is 13.0. The molecule has 3 aromatic carbocycles. The first-order chi connectivity index (χ1) is 17.8. The van der Waals surface area contributed by atoms with Crippen LogP contribution in [-0.2, 0) is 6.54 Å². The number of piperidine rings is 1. The second-order valence-corrected chi connectivity index (χ2v) is 9.50. The van der Waals surface area contributed by atoms with Crippen molar-refractivity contribution in [3.63, 3.8) is 0 Å². The van der Waals surface area contributed by atoms with E-state index < -0.39 is 0 Å². The van der Waals surface area contributed by atoms with Gasteiger partial charge < -0.3 is 15.5 Å². The van der Waals surface area contributed by atoms with Gasteiger partial charge in [-0.25, -0.2) is 4.98 Å². The average Bonchev–Trinajstić information content (AvgIpc) is 2.95. The Morgan fingerprint density at radius 3 is 2.42 bits per heavy atom. The van der Waals surface area contributed by atoms with Crippen LogP contribution in [0.3, 0.4) is 0 Å². The summed E-state index contributed by atoms with van der Waals surface area (Å²) in [6.45, 7) is 5.08. The summed E-state index contributed by atoms with van der Waals surface area (Å²) in [5, 5.41) is 7.80. The van der Waals surface area contributed by atoms with E-state index >= 15 is 0 Å². The van der Waals surface area contributed by atoms with Crippen molar-refractivity contribution in [2.75, 3.05) is 31.5 Å². The van der Waals surface area contributed by atoms with Gasteiger partial charge in [0, 0.05) is 35.3 Å². The highest BCUT2D eigenvalue weighted by Gasteiger charge is 2.11. The van der Waals surface area contributed by atoms with Crippen molar-refractivity contribution >= 4 is 22.5 Å². The minimum atomic E-state index is -0.0760. The third-order valence-corrected chi connectivity index (χ3v) is 6.87. The summed E-state index contributed by atoms with van der Waals surface area (Å²) in [6, 6.07) is 28.1. The van der Waals surface area contributed by atoms with Crippen LogP contribution in [-0.4, -0.2) is 42.0 Å². The van der Waals surface area contributed by atoms with E-state index in [1.54, 1.807) is 0 Å². The molecule has 1 aliphatic rings. The van der Waals surface area contributed by atoms with Crippen LogP contribution in [0.1, 0.15) is 41.6 Å². The summed E-state index contributed by atoms with van der Waals surface area (Å²) < 4.78 is 0. The number of nitrogens with zero attached hydrogens (tertiary/aromatic N) is 2. The average molecular weight is 479 g/mol. The number of aromatic nitrogens is 1. The molecule has 0 aliphatic carbocycles. The Morgan fingerprint density at radius 1 is 0.861 bits per heavy atom. The quantitative estimate of drug-likeness (QED) is 0.285. The van der Waals surface area contributed by atoms with E-state index in [4.69, 9.17) is 4.98 Å². The molecule has 184 valence electrons. The van der Waals surface area contributed by atoms with E-state index in [1.807, 2.05) is 60.7 Å². The molecule has 1 saturated heterocycles. The van der Waals surface area contributed by atoms with Gasteiger partial charge >= 0.3 is 0 Å². The van der Waals surface area contributed by atoms with Gasteiger partial charge in [0.05, 0.1) is 11.2 Å². The maximum atomic E-state index is 12.6. The highest BCUT2D eigenvalue weighted by atomic mass is 16.1. The lowest BCUT2D eigenvalue weighted by molar-refractivity contribution is 0.0951. The van der Waals surface area contributed by atoms with Crippen molar-refractivity contribution in [2.24, 2.45) is 0 Å². The number of pyridine rings is 1. The summed E-state index contributed by atoms with van der Waals surface area (Å²) in [6.07, 6.45) is 5.16. The molecule has 0 radical (unpaired) electrons. The Morgan fingerprint density at radius 2 is 1.61 bits per heavy atom. The molecule has 0 atom stereocenters. The highest BCUT2D eigenvalue weighted by molar-refractivity contribution is 5.96. The predicted molar refractivity (Wildman–Crippen MR) is 148 cm³/mol. The van der Waals surface area contributed by atoms with Crippen LogP contribution in [0.15, 0.2) is 84.9 Å². The lowest BCUT2D eigenvalue weighted by atomic mass is 10.1. The number of hydrogen-bond acceptors (Lipinski definition) is 4. The molecule has 0 spiro atoms. The van der Waals surface area contributed by atoms with Crippen LogP contribution < -0.4 is 10.6 Å². The van der Waals surface area contributed by atoms with Gasteiger partial charge in [-0.1, -0.05) is 67.1 Å². The summed E-state index contributed by atoms with van der Waals surface area (Å²) in [7, 11) is 0. The van der Waals surface area contributed by atoms with Crippen molar-refractivity contribution in [3.8, 4) is 11.3 Å². The Labute approximate surface area is 213 Å². The molecule has 1 fully saturated rings. The molecular formula is C31H34N4O. The van der Waals surface area contributed by atoms with Gasteiger partial charge in [0.25, 0.3) is 5.91 Å². The first kappa shape index (κ1) is 24.0. The standard InChI is InChI=1S/C31H34N4O/c36-31(33-23-24-10-3-1-4-11-24)26-16-14-25(15-17-26)29-22-30(27-12-5-6-13-28(27)34-29)32-18-9-21-35-19-7-2-8-20-35/h1,3-6,10-17,22H,2,7-9,18-21,23H2,(H,32,34)(H,33,36). The molecule has 4 aromatic rings. The fourth-order valence-corrected chi connectivity index (χ4v) is 4.85. The molecule has 1 aromatic heterocycles. The first-order valence-corrected chi connectivity index (χ1v) is 13.0. The largest absolute Gasteiger partial charge is 0.384 e.